The zero-order valence-corrected chi connectivity index (χ0v) is 17.0. The molecule has 30 heavy (non-hydrogen) atoms. The van der Waals surface area contributed by atoms with E-state index in [-0.39, 0.29) is 11.5 Å². The molecule has 0 aliphatic carbocycles. The molecule has 0 saturated carbocycles. The Labute approximate surface area is 175 Å². The maximum atomic E-state index is 12.1. The molecule has 1 fully saturated rings. The van der Waals surface area contributed by atoms with Gasteiger partial charge in [0.2, 0.25) is 0 Å². The van der Waals surface area contributed by atoms with Crippen LogP contribution in [0.5, 0.6) is 5.75 Å². The van der Waals surface area contributed by atoms with Gasteiger partial charge in [0.15, 0.2) is 5.82 Å². The third-order valence-corrected chi connectivity index (χ3v) is 5.37. The Kier molecular flexibility index (Phi) is 6.29. The Morgan fingerprint density at radius 1 is 1.23 bits per heavy atom. The van der Waals surface area contributed by atoms with E-state index in [9.17, 15) is 4.79 Å². The maximum absolute atomic E-state index is 12.1. The van der Waals surface area contributed by atoms with Gasteiger partial charge in [0, 0.05) is 36.5 Å². The molecule has 1 saturated heterocycles. The second kappa shape index (κ2) is 9.45. The molecule has 3 aromatic rings. The number of piperidine rings is 1. The first-order chi connectivity index (χ1) is 14.7. The normalized spacial score (nSPS) is 15.5. The number of aromatic nitrogens is 4. The molecule has 3 heterocycles. The first-order valence-electron chi connectivity index (χ1n) is 10.1. The summed E-state index contributed by atoms with van der Waals surface area (Å²) in [7, 11) is 1.69. The highest BCUT2D eigenvalue weighted by Gasteiger charge is 2.22. The van der Waals surface area contributed by atoms with Gasteiger partial charge in [0.25, 0.3) is 5.56 Å². The molecular weight excluding hydrogens is 378 g/mol. The van der Waals surface area contributed by atoms with E-state index < -0.39 is 0 Å². The Morgan fingerprint density at radius 3 is 2.83 bits per heavy atom. The summed E-state index contributed by atoms with van der Waals surface area (Å²) in [5.74, 6) is 1.64. The summed E-state index contributed by atoms with van der Waals surface area (Å²) in [6.45, 7) is 2.82. The zero-order valence-electron chi connectivity index (χ0n) is 17.0. The van der Waals surface area contributed by atoms with E-state index in [4.69, 9.17) is 4.74 Å². The third-order valence-electron chi connectivity index (χ3n) is 5.37. The van der Waals surface area contributed by atoms with Crippen molar-refractivity contribution in [2.24, 2.45) is 0 Å². The lowest BCUT2D eigenvalue weighted by Gasteiger charge is -2.30. The number of hydrogen-bond acceptors (Lipinski definition) is 6. The second-order valence-electron chi connectivity index (χ2n) is 7.33. The van der Waals surface area contributed by atoms with Crippen molar-refractivity contribution in [3.05, 3.63) is 76.6 Å². The lowest BCUT2D eigenvalue weighted by Crippen LogP contribution is -2.33. The van der Waals surface area contributed by atoms with Crippen LogP contribution in [0, 0.1) is 0 Å². The molecule has 7 nitrogen and oxygen atoms in total. The van der Waals surface area contributed by atoms with E-state index in [1.807, 2.05) is 18.2 Å². The van der Waals surface area contributed by atoms with Gasteiger partial charge < -0.3 is 9.72 Å². The molecular formula is C23H25N5O2. The molecule has 4 rings (SSSR count). The Morgan fingerprint density at radius 2 is 2.07 bits per heavy atom. The van der Waals surface area contributed by atoms with E-state index in [0.717, 1.165) is 49.5 Å². The quantitative estimate of drug-likeness (QED) is 0.681. The largest absolute Gasteiger partial charge is 0.496 e. The fourth-order valence-electron chi connectivity index (χ4n) is 3.77. The van der Waals surface area contributed by atoms with Gasteiger partial charge in [-0.2, -0.15) is 0 Å². The highest BCUT2D eigenvalue weighted by Crippen LogP contribution is 2.27. The minimum Gasteiger partial charge on any atom is -0.496 e. The van der Waals surface area contributed by atoms with Gasteiger partial charge in [0.05, 0.1) is 19.0 Å². The molecule has 0 radical (unpaired) electrons. The standard InChI is InChI=1S/C23H25N5O2/c1-30-21-7-3-2-5-18(21)6-4-12-28-13-8-17(9-14-28)19-15-22(29)27-23(26-19)20-16-24-10-11-25-20/h2-7,10-11,15-17H,8-9,12-14H2,1H3,(H,26,27,29)/b6-4+. The number of aromatic amines is 1. The van der Waals surface area contributed by atoms with E-state index in [2.05, 4.69) is 43.1 Å². The van der Waals surface area contributed by atoms with Crippen molar-refractivity contribution in [3.63, 3.8) is 0 Å². The first kappa shape index (κ1) is 20.0. The molecule has 1 N–H and O–H groups in total. The fraction of sp³-hybridized carbons (Fsp3) is 0.304. The van der Waals surface area contributed by atoms with Gasteiger partial charge in [-0.05, 0) is 32.0 Å². The second-order valence-corrected chi connectivity index (χ2v) is 7.33. The van der Waals surface area contributed by atoms with Crippen LogP contribution < -0.4 is 10.3 Å². The third kappa shape index (κ3) is 4.80. The summed E-state index contributed by atoms with van der Waals surface area (Å²) in [5, 5.41) is 0. The molecule has 1 aliphatic heterocycles. The smallest absolute Gasteiger partial charge is 0.251 e. The van der Waals surface area contributed by atoms with E-state index >= 15 is 0 Å². The summed E-state index contributed by atoms with van der Waals surface area (Å²) in [6.07, 6.45) is 11.0. The van der Waals surface area contributed by atoms with Crippen LogP contribution in [0.3, 0.4) is 0 Å². The predicted octanol–water partition coefficient (Wildman–Crippen LogP) is 3.13. The van der Waals surface area contributed by atoms with Gasteiger partial charge in [-0.15, -0.1) is 0 Å². The first-order valence-corrected chi connectivity index (χ1v) is 10.1. The van der Waals surface area contributed by atoms with E-state index in [1.165, 1.54) is 0 Å². The number of benzene rings is 1. The molecule has 0 atom stereocenters. The lowest BCUT2D eigenvalue weighted by atomic mass is 9.93. The van der Waals surface area contributed by atoms with Gasteiger partial charge in [-0.25, -0.2) is 9.97 Å². The number of H-pyrrole nitrogens is 1. The number of para-hydroxylation sites is 1. The van der Waals surface area contributed by atoms with Crippen LogP contribution in [0.25, 0.3) is 17.6 Å². The molecule has 1 aromatic carbocycles. The highest BCUT2D eigenvalue weighted by molar-refractivity contribution is 5.57. The minimum absolute atomic E-state index is 0.150. The number of rotatable bonds is 6. The monoisotopic (exact) mass is 403 g/mol. The minimum atomic E-state index is -0.150. The summed E-state index contributed by atoms with van der Waals surface area (Å²) in [5.41, 5.74) is 2.35. The predicted molar refractivity (Wildman–Crippen MR) is 116 cm³/mol. The number of ether oxygens (including phenoxy) is 1. The molecule has 2 aromatic heterocycles. The average Bonchev–Trinajstić information content (AvgIpc) is 2.80. The van der Waals surface area contributed by atoms with E-state index in [1.54, 1.807) is 31.8 Å². The van der Waals surface area contributed by atoms with Crippen molar-refractivity contribution in [2.75, 3.05) is 26.7 Å². The SMILES string of the molecule is COc1ccccc1/C=C/CN1CCC(c2cc(=O)[nH]c(-c3cnccn3)n2)CC1. The average molecular weight is 403 g/mol. The summed E-state index contributed by atoms with van der Waals surface area (Å²) < 4.78 is 5.39. The summed E-state index contributed by atoms with van der Waals surface area (Å²) in [6, 6.07) is 9.61. The molecule has 0 unspecified atom stereocenters. The Hall–Kier alpha value is -3.32. The van der Waals surface area contributed by atoms with Crippen molar-refractivity contribution in [3.8, 4) is 17.3 Å². The van der Waals surface area contributed by atoms with Crippen molar-refractivity contribution in [2.45, 2.75) is 18.8 Å². The highest BCUT2D eigenvalue weighted by atomic mass is 16.5. The Balaban J connectivity index is 1.37. The molecule has 7 heteroatoms. The Bertz CT molecular complexity index is 1060. The topological polar surface area (TPSA) is 84.0 Å². The van der Waals surface area contributed by atoms with Crippen molar-refractivity contribution >= 4 is 6.08 Å². The molecule has 154 valence electrons. The van der Waals surface area contributed by atoms with Crippen LogP contribution in [-0.4, -0.2) is 51.6 Å². The van der Waals surface area contributed by atoms with Gasteiger partial charge >= 0.3 is 0 Å². The summed E-state index contributed by atoms with van der Waals surface area (Å²) >= 11 is 0. The molecule has 0 bridgehead atoms. The van der Waals surface area contributed by atoms with Crippen LogP contribution >= 0.6 is 0 Å². The van der Waals surface area contributed by atoms with E-state index in [0.29, 0.717) is 11.5 Å². The number of nitrogens with one attached hydrogen (secondary N) is 1. The number of nitrogens with zero attached hydrogens (tertiary/aromatic N) is 4. The van der Waals surface area contributed by atoms with Crippen LogP contribution in [-0.2, 0) is 0 Å². The molecule has 0 amide bonds. The van der Waals surface area contributed by atoms with Crippen LogP contribution in [0.15, 0.2) is 59.8 Å². The molecule has 1 aliphatic rings. The molecule has 0 spiro atoms. The fourth-order valence-corrected chi connectivity index (χ4v) is 3.77. The number of methoxy groups -OCH3 is 1. The van der Waals surface area contributed by atoms with Crippen LogP contribution in [0.1, 0.15) is 30.0 Å². The number of hydrogen-bond donors (Lipinski definition) is 1. The lowest BCUT2D eigenvalue weighted by molar-refractivity contribution is 0.231. The van der Waals surface area contributed by atoms with Crippen LogP contribution in [0.2, 0.25) is 0 Å². The number of likely N-dealkylation sites (tertiary alicyclic amines) is 1. The van der Waals surface area contributed by atoms with Crippen molar-refractivity contribution in [1.29, 1.82) is 0 Å². The zero-order chi connectivity index (χ0) is 20.8. The van der Waals surface area contributed by atoms with Crippen LogP contribution in [0.4, 0.5) is 0 Å². The summed E-state index contributed by atoms with van der Waals surface area (Å²) in [4.78, 5) is 30.3. The van der Waals surface area contributed by atoms with Gasteiger partial charge in [-0.1, -0.05) is 30.4 Å². The van der Waals surface area contributed by atoms with Gasteiger partial charge in [0.1, 0.15) is 11.4 Å². The van der Waals surface area contributed by atoms with Crippen molar-refractivity contribution < 1.29 is 4.74 Å². The van der Waals surface area contributed by atoms with Gasteiger partial charge in [-0.3, -0.25) is 14.7 Å². The van der Waals surface area contributed by atoms with Crippen molar-refractivity contribution in [1.82, 2.24) is 24.8 Å². The maximum Gasteiger partial charge on any atom is 0.251 e.